The zero-order chi connectivity index (χ0) is 17.1. The van der Waals surface area contributed by atoms with E-state index in [0.29, 0.717) is 26.1 Å². The van der Waals surface area contributed by atoms with Gasteiger partial charge in [-0.05, 0) is 41.0 Å². The second-order valence-electron chi connectivity index (χ2n) is 6.25. The average molecular weight is 332 g/mol. The Hall–Kier alpha value is -1.11. The maximum Gasteiger partial charge on any atom is 0.237 e. The summed E-state index contributed by atoms with van der Waals surface area (Å²) in [5.74, 6) is -0.371. The van der Waals surface area contributed by atoms with Crippen molar-refractivity contribution in [3.63, 3.8) is 0 Å². The van der Waals surface area contributed by atoms with Crippen LogP contribution in [0.5, 0.6) is 0 Å². The molecule has 1 fully saturated rings. The van der Waals surface area contributed by atoms with Crippen molar-refractivity contribution in [3.05, 3.63) is 0 Å². The van der Waals surface area contributed by atoms with E-state index in [9.17, 15) is 18.0 Å². The van der Waals surface area contributed by atoms with Crippen molar-refractivity contribution in [2.75, 3.05) is 31.1 Å². The maximum atomic E-state index is 12.9. The molecule has 1 saturated heterocycles. The lowest BCUT2D eigenvalue weighted by atomic mass is 9.88. The SMILES string of the molecule is CCN(CC)C(=O)C(C)(C)C(=O)N(CC)C1CCS(=O)(=O)C1. The molecular weight excluding hydrogens is 304 g/mol. The van der Waals surface area contributed by atoms with Gasteiger partial charge in [0, 0.05) is 25.7 Å². The van der Waals surface area contributed by atoms with E-state index >= 15 is 0 Å². The zero-order valence-electron chi connectivity index (χ0n) is 14.3. The fraction of sp³-hybridized carbons (Fsp3) is 0.867. The van der Waals surface area contributed by atoms with Crippen molar-refractivity contribution in [1.82, 2.24) is 9.80 Å². The minimum Gasteiger partial charge on any atom is -0.342 e. The highest BCUT2D eigenvalue weighted by Gasteiger charge is 2.44. The van der Waals surface area contributed by atoms with E-state index in [0.717, 1.165) is 0 Å². The number of hydrogen-bond acceptors (Lipinski definition) is 4. The Kier molecular flexibility index (Phi) is 6.01. The first-order valence-corrected chi connectivity index (χ1v) is 9.73. The predicted octanol–water partition coefficient (Wildman–Crippen LogP) is 0.917. The van der Waals surface area contributed by atoms with Crippen LogP contribution < -0.4 is 0 Å². The molecule has 0 bridgehead atoms. The Morgan fingerprint density at radius 2 is 1.59 bits per heavy atom. The van der Waals surface area contributed by atoms with Crippen LogP contribution in [-0.4, -0.2) is 67.2 Å². The Morgan fingerprint density at radius 3 is 1.95 bits per heavy atom. The number of rotatable bonds is 6. The predicted molar refractivity (Wildman–Crippen MR) is 86.2 cm³/mol. The van der Waals surface area contributed by atoms with Crippen LogP contribution in [0, 0.1) is 5.41 Å². The number of amides is 2. The molecule has 0 radical (unpaired) electrons. The third-order valence-electron chi connectivity index (χ3n) is 4.37. The molecule has 6 nitrogen and oxygen atoms in total. The Balaban J connectivity index is 2.97. The standard InChI is InChI=1S/C15H28N2O4S/c1-6-16(7-2)13(18)15(4,5)14(19)17(8-3)12-9-10-22(20,21)11-12/h12H,6-11H2,1-5H3. The Morgan fingerprint density at radius 1 is 1.05 bits per heavy atom. The number of carbonyl (C=O) groups excluding carboxylic acids is 2. The van der Waals surface area contributed by atoms with Gasteiger partial charge in [0.15, 0.2) is 9.84 Å². The molecule has 0 saturated carbocycles. The van der Waals surface area contributed by atoms with Crippen LogP contribution in [0.1, 0.15) is 41.0 Å². The van der Waals surface area contributed by atoms with Crippen molar-refractivity contribution in [2.24, 2.45) is 5.41 Å². The summed E-state index contributed by atoms with van der Waals surface area (Å²) in [4.78, 5) is 28.6. The van der Waals surface area contributed by atoms with Gasteiger partial charge in [-0.25, -0.2) is 8.42 Å². The van der Waals surface area contributed by atoms with Gasteiger partial charge < -0.3 is 9.80 Å². The van der Waals surface area contributed by atoms with Gasteiger partial charge in [-0.1, -0.05) is 0 Å². The summed E-state index contributed by atoms with van der Waals surface area (Å²) in [6.07, 6.45) is 0.456. The first-order valence-electron chi connectivity index (χ1n) is 7.91. The van der Waals surface area contributed by atoms with Gasteiger partial charge in [-0.3, -0.25) is 9.59 Å². The molecule has 128 valence electrons. The van der Waals surface area contributed by atoms with E-state index in [-0.39, 0.29) is 29.4 Å². The van der Waals surface area contributed by atoms with Crippen LogP contribution in [0.2, 0.25) is 0 Å². The summed E-state index contributed by atoms with van der Waals surface area (Å²) in [6, 6.07) is -0.314. The first-order chi connectivity index (χ1) is 10.1. The molecule has 1 heterocycles. The number of nitrogens with zero attached hydrogens (tertiary/aromatic N) is 2. The summed E-state index contributed by atoms with van der Waals surface area (Å²) in [6.45, 7) is 10.3. The fourth-order valence-corrected chi connectivity index (χ4v) is 4.68. The molecule has 0 N–H and O–H groups in total. The smallest absolute Gasteiger partial charge is 0.237 e. The molecule has 0 aromatic heterocycles. The lowest BCUT2D eigenvalue weighted by Gasteiger charge is -2.36. The summed E-state index contributed by atoms with van der Waals surface area (Å²) in [5, 5.41) is 0. The highest BCUT2D eigenvalue weighted by molar-refractivity contribution is 7.91. The fourth-order valence-electron chi connectivity index (χ4n) is 2.95. The van der Waals surface area contributed by atoms with Gasteiger partial charge in [0.25, 0.3) is 0 Å². The van der Waals surface area contributed by atoms with E-state index in [1.54, 1.807) is 23.6 Å². The third kappa shape index (κ3) is 3.80. The number of sulfone groups is 1. The van der Waals surface area contributed by atoms with Crippen LogP contribution in [0.15, 0.2) is 0 Å². The largest absolute Gasteiger partial charge is 0.342 e. The quantitative estimate of drug-likeness (QED) is 0.678. The molecular formula is C15H28N2O4S. The lowest BCUT2D eigenvalue weighted by Crippen LogP contribution is -2.53. The van der Waals surface area contributed by atoms with Crippen molar-refractivity contribution < 1.29 is 18.0 Å². The molecule has 22 heavy (non-hydrogen) atoms. The Bertz CT molecular complexity index is 524. The lowest BCUT2D eigenvalue weighted by molar-refractivity contribution is -0.154. The summed E-state index contributed by atoms with van der Waals surface area (Å²) < 4.78 is 23.3. The summed E-state index contributed by atoms with van der Waals surface area (Å²) in [7, 11) is -3.06. The second kappa shape index (κ2) is 6.98. The highest BCUT2D eigenvalue weighted by atomic mass is 32.2. The minimum absolute atomic E-state index is 0.00210. The third-order valence-corrected chi connectivity index (χ3v) is 6.12. The van der Waals surface area contributed by atoms with Crippen LogP contribution in [-0.2, 0) is 19.4 Å². The Labute approximate surface area is 133 Å². The molecule has 1 aliphatic rings. The second-order valence-corrected chi connectivity index (χ2v) is 8.48. The topological polar surface area (TPSA) is 74.8 Å². The molecule has 0 spiro atoms. The molecule has 1 atom stereocenters. The maximum absolute atomic E-state index is 12.9. The van der Waals surface area contributed by atoms with E-state index in [1.807, 2.05) is 20.8 Å². The van der Waals surface area contributed by atoms with E-state index in [4.69, 9.17) is 0 Å². The van der Waals surface area contributed by atoms with Crippen molar-refractivity contribution in [3.8, 4) is 0 Å². The van der Waals surface area contributed by atoms with Crippen LogP contribution in [0.4, 0.5) is 0 Å². The van der Waals surface area contributed by atoms with Crippen molar-refractivity contribution >= 4 is 21.7 Å². The van der Waals surface area contributed by atoms with E-state index < -0.39 is 15.3 Å². The molecule has 0 aliphatic carbocycles. The molecule has 2 amide bonds. The average Bonchev–Trinajstić information content (AvgIpc) is 2.80. The number of hydrogen-bond donors (Lipinski definition) is 0. The molecule has 7 heteroatoms. The van der Waals surface area contributed by atoms with Gasteiger partial charge in [0.2, 0.25) is 11.8 Å². The monoisotopic (exact) mass is 332 g/mol. The minimum atomic E-state index is -3.06. The molecule has 1 aliphatic heterocycles. The first kappa shape index (κ1) is 18.9. The van der Waals surface area contributed by atoms with Crippen LogP contribution in [0.3, 0.4) is 0 Å². The van der Waals surface area contributed by atoms with Crippen molar-refractivity contribution in [2.45, 2.75) is 47.1 Å². The number of carbonyl (C=O) groups is 2. The van der Waals surface area contributed by atoms with Crippen LogP contribution >= 0.6 is 0 Å². The van der Waals surface area contributed by atoms with Crippen molar-refractivity contribution in [1.29, 1.82) is 0 Å². The van der Waals surface area contributed by atoms with Crippen LogP contribution in [0.25, 0.3) is 0 Å². The molecule has 0 aromatic carbocycles. The van der Waals surface area contributed by atoms with Gasteiger partial charge in [-0.15, -0.1) is 0 Å². The van der Waals surface area contributed by atoms with E-state index in [1.165, 1.54) is 0 Å². The van der Waals surface area contributed by atoms with Gasteiger partial charge in [0.05, 0.1) is 11.5 Å². The zero-order valence-corrected chi connectivity index (χ0v) is 15.1. The molecule has 0 aromatic rings. The highest BCUT2D eigenvalue weighted by Crippen LogP contribution is 2.27. The molecule has 1 rings (SSSR count). The normalized spacial score (nSPS) is 20.7. The van der Waals surface area contributed by atoms with Gasteiger partial charge >= 0.3 is 0 Å². The van der Waals surface area contributed by atoms with E-state index in [2.05, 4.69) is 0 Å². The summed E-state index contributed by atoms with van der Waals surface area (Å²) >= 11 is 0. The van der Waals surface area contributed by atoms with Gasteiger partial charge in [0.1, 0.15) is 5.41 Å². The van der Waals surface area contributed by atoms with Gasteiger partial charge in [-0.2, -0.15) is 0 Å². The summed E-state index contributed by atoms with van der Waals surface area (Å²) in [5.41, 5.74) is -1.17. The molecule has 1 unspecified atom stereocenters.